The quantitative estimate of drug-likeness (QED) is 0.693. The van der Waals surface area contributed by atoms with Crippen LogP contribution in [-0.4, -0.2) is 21.1 Å². The molecule has 19 heavy (non-hydrogen) atoms. The minimum atomic E-state index is 0.836. The van der Waals surface area contributed by atoms with Crippen molar-refractivity contribution in [2.24, 2.45) is 0 Å². The number of hydrogen-bond acceptors (Lipinski definition) is 0. The van der Waals surface area contributed by atoms with Crippen molar-refractivity contribution in [2.75, 3.05) is 21.1 Å². The van der Waals surface area contributed by atoms with E-state index in [9.17, 15) is 0 Å². The maximum Gasteiger partial charge on any atom is 0.140 e. The van der Waals surface area contributed by atoms with E-state index in [0.717, 1.165) is 4.48 Å². The van der Waals surface area contributed by atoms with E-state index in [1.807, 2.05) is 0 Å². The van der Waals surface area contributed by atoms with Crippen LogP contribution in [0.4, 0.5) is 5.69 Å². The van der Waals surface area contributed by atoms with Crippen LogP contribution in [0.5, 0.6) is 0 Å². The molecule has 0 unspecified atom stereocenters. The molecule has 0 aliphatic carbocycles. The second-order valence-corrected chi connectivity index (χ2v) is 6.21. The molecule has 0 saturated carbocycles. The maximum absolute atomic E-state index is 2.26. The van der Waals surface area contributed by atoms with Gasteiger partial charge in [0.25, 0.3) is 0 Å². The Bertz CT molecular complexity index is 604. The van der Waals surface area contributed by atoms with Crippen molar-refractivity contribution in [3.05, 3.63) is 53.1 Å². The molecule has 0 aliphatic rings. The first kappa shape index (κ1) is 13.8. The molecule has 2 rings (SSSR count). The fraction of sp³-hybridized carbons (Fsp3) is 0.333. The van der Waals surface area contributed by atoms with E-state index in [1.54, 1.807) is 0 Å². The van der Waals surface area contributed by atoms with E-state index < -0.39 is 0 Å². The first-order valence-electron chi connectivity index (χ1n) is 6.80. The smallest absolute Gasteiger partial charge is 0.140 e. The van der Waals surface area contributed by atoms with Gasteiger partial charge >= 0.3 is 0 Å². The molecule has 0 N–H and O–H groups in total. The molecule has 2 aromatic rings. The van der Waals surface area contributed by atoms with E-state index in [2.05, 4.69) is 78.3 Å². The normalized spacial score (nSPS) is 11.7. The largest absolute Gasteiger partial charge is 0.298 e. The molecule has 0 heterocycles. The molecule has 0 radical (unpaired) electrons. The van der Waals surface area contributed by atoms with Crippen molar-refractivity contribution in [3.63, 3.8) is 0 Å². The van der Waals surface area contributed by atoms with Gasteiger partial charge in [0.1, 0.15) is 5.69 Å². The van der Waals surface area contributed by atoms with Crippen molar-refractivity contribution in [1.29, 1.82) is 0 Å². The lowest BCUT2D eigenvalue weighted by atomic mass is 9.93. The molecule has 100 valence electrons. The Kier molecular flexibility index (Phi) is 3.51. The third-order valence-corrected chi connectivity index (χ3v) is 3.97. The van der Waals surface area contributed by atoms with Crippen LogP contribution in [0.25, 0.3) is 11.1 Å². The molecule has 1 heteroatoms. The van der Waals surface area contributed by atoms with Crippen LogP contribution >= 0.6 is 0 Å². The number of para-hydroxylation sites is 1. The number of benzene rings is 2. The Hall–Kier alpha value is -1.60. The summed E-state index contributed by atoms with van der Waals surface area (Å²) in [6, 6.07) is 13.2. The van der Waals surface area contributed by atoms with Gasteiger partial charge in [0.05, 0.1) is 21.1 Å². The van der Waals surface area contributed by atoms with Gasteiger partial charge in [-0.15, -0.1) is 0 Å². The van der Waals surface area contributed by atoms with Crippen LogP contribution in [0.2, 0.25) is 0 Å². The lowest BCUT2D eigenvalue weighted by molar-refractivity contribution is 0.487. The Morgan fingerprint density at radius 1 is 0.684 bits per heavy atom. The number of nitrogens with zero attached hydrogens (tertiary/aromatic N) is 1. The Labute approximate surface area is 117 Å². The van der Waals surface area contributed by atoms with E-state index in [0.29, 0.717) is 0 Å². The molecular weight excluding hydrogens is 230 g/mol. The molecule has 0 bridgehead atoms. The van der Waals surface area contributed by atoms with Gasteiger partial charge in [-0.2, -0.15) is 0 Å². The minimum Gasteiger partial charge on any atom is -0.298 e. The summed E-state index contributed by atoms with van der Waals surface area (Å²) >= 11 is 0. The van der Waals surface area contributed by atoms with Gasteiger partial charge in [-0.05, 0) is 55.2 Å². The highest BCUT2D eigenvalue weighted by atomic mass is 15.3. The maximum atomic E-state index is 2.26. The third-order valence-electron chi connectivity index (χ3n) is 3.97. The number of rotatable bonds is 2. The predicted octanol–water partition coefficient (Wildman–Crippen LogP) is 4.48. The molecule has 0 aromatic heterocycles. The highest BCUT2D eigenvalue weighted by Crippen LogP contribution is 2.35. The van der Waals surface area contributed by atoms with Crippen LogP contribution in [0.3, 0.4) is 0 Å². The van der Waals surface area contributed by atoms with Gasteiger partial charge in [-0.25, -0.2) is 0 Å². The second kappa shape index (κ2) is 4.82. The fourth-order valence-electron chi connectivity index (χ4n) is 2.53. The minimum absolute atomic E-state index is 0.836. The zero-order valence-corrected chi connectivity index (χ0v) is 12.9. The number of aryl methyl sites for hydroxylation is 1. The van der Waals surface area contributed by atoms with Crippen molar-refractivity contribution < 1.29 is 0 Å². The van der Waals surface area contributed by atoms with Gasteiger partial charge in [0, 0.05) is 5.56 Å². The molecule has 0 spiro atoms. The average Bonchev–Trinajstić information content (AvgIpc) is 2.35. The van der Waals surface area contributed by atoms with E-state index in [-0.39, 0.29) is 0 Å². The van der Waals surface area contributed by atoms with Crippen LogP contribution in [0.15, 0.2) is 36.4 Å². The second-order valence-electron chi connectivity index (χ2n) is 6.21. The molecule has 0 fully saturated rings. The third kappa shape index (κ3) is 2.57. The van der Waals surface area contributed by atoms with Crippen LogP contribution < -0.4 is 4.48 Å². The zero-order valence-electron chi connectivity index (χ0n) is 12.9. The van der Waals surface area contributed by atoms with Crippen molar-refractivity contribution in [3.8, 4) is 11.1 Å². The lowest BCUT2D eigenvalue weighted by Gasteiger charge is -2.26. The van der Waals surface area contributed by atoms with Crippen molar-refractivity contribution >= 4 is 5.69 Å². The molecule has 0 amide bonds. The van der Waals surface area contributed by atoms with Crippen LogP contribution in [0.1, 0.15) is 16.7 Å². The molecule has 0 saturated heterocycles. The molecule has 0 aliphatic heterocycles. The van der Waals surface area contributed by atoms with Gasteiger partial charge < -0.3 is 0 Å². The van der Waals surface area contributed by atoms with Gasteiger partial charge in [0.15, 0.2) is 0 Å². The summed E-state index contributed by atoms with van der Waals surface area (Å²) in [6.45, 7) is 6.62. The van der Waals surface area contributed by atoms with Gasteiger partial charge in [-0.1, -0.05) is 24.3 Å². The van der Waals surface area contributed by atoms with E-state index in [4.69, 9.17) is 0 Å². The summed E-state index contributed by atoms with van der Waals surface area (Å²) in [7, 11) is 6.65. The zero-order chi connectivity index (χ0) is 14.2. The number of quaternary nitrogens is 1. The highest BCUT2D eigenvalue weighted by molar-refractivity contribution is 5.80. The molecule has 1 nitrogen and oxygen atoms in total. The molecule has 2 aromatic carbocycles. The number of hydrogen-bond donors (Lipinski definition) is 0. The Balaban J connectivity index is 2.70. The standard InChI is InChI=1S/C18H24N/c1-13-11-12-16(15(3)14(13)2)17-9-7-8-10-18(17)19(4,5)6/h7-12H,1-6H3/q+1. The predicted molar refractivity (Wildman–Crippen MR) is 85.7 cm³/mol. The first-order valence-corrected chi connectivity index (χ1v) is 6.80. The monoisotopic (exact) mass is 254 g/mol. The molecular formula is C18H24N+. The summed E-state index contributed by atoms with van der Waals surface area (Å²) < 4.78 is 0.836. The molecule has 0 atom stereocenters. The van der Waals surface area contributed by atoms with Gasteiger partial charge in [-0.3, -0.25) is 4.48 Å². The van der Waals surface area contributed by atoms with Crippen molar-refractivity contribution in [1.82, 2.24) is 4.48 Å². The summed E-state index contributed by atoms with van der Waals surface area (Å²) in [5.41, 5.74) is 8.20. The van der Waals surface area contributed by atoms with Crippen LogP contribution in [-0.2, 0) is 0 Å². The average molecular weight is 254 g/mol. The Morgan fingerprint density at radius 2 is 1.32 bits per heavy atom. The van der Waals surface area contributed by atoms with E-state index >= 15 is 0 Å². The summed E-state index contributed by atoms with van der Waals surface area (Å²) in [4.78, 5) is 0. The topological polar surface area (TPSA) is 0 Å². The van der Waals surface area contributed by atoms with E-state index in [1.165, 1.54) is 33.5 Å². The summed E-state index contributed by atoms with van der Waals surface area (Å²) in [6.07, 6.45) is 0. The Morgan fingerprint density at radius 3 is 1.95 bits per heavy atom. The van der Waals surface area contributed by atoms with Crippen molar-refractivity contribution in [2.45, 2.75) is 20.8 Å². The van der Waals surface area contributed by atoms with Crippen LogP contribution in [0, 0.1) is 20.8 Å². The summed E-state index contributed by atoms with van der Waals surface area (Å²) in [5.74, 6) is 0. The summed E-state index contributed by atoms with van der Waals surface area (Å²) in [5, 5.41) is 0. The highest BCUT2D eigenvalue weighted by Gasteiger charge is 2.19. The SMILES string of the molecule is Cc1ccc(-c2ccccc2[N+](C)(C)C)c(C)c1C. The lowest BCUT2D eigenvalue weighted by Crippen LogP contribution is -2.35. The fourth-order valence-corrected chi connectivity index (χ4v) is 2.53. The first-order chi connectivity index (χ1) is 8.82. The van der Waals surface area contributed by atoms with Gasteiger partial charge in [0.2, 0.25) is 0 Å².